The highest BCUT2D eigenvalue weighted by Crippen LogP contribution is 2.32. The quantitative estimate of drug-likeness (QED) is 0.323. The molecular formula is C28H38FN3O4. The van der Waals surface area contributed by atoms with Crippen LogP contribution in [0.25, 0.3) is 5.69 Å². The van der Waals surface area contributed by atoms with Crippen LogP contribution in [0.4, 0.5) is 4.39 Å². The molecule has 1 aromatic heterocycles. The van der Waals surface area contributed by atoms with E-state index >= 15 is 0 Å². The summed E-state index contributed by atoms with van der Waals surface area (Å²) in [7, 11) is 1.66. The van der Waals surface area contributed by atoms with Gasteiger partial charge in [0.2, 0.25) is 5.88 Å². The van der Waals surface area contributed by atoms with E-state index in [1.54, 1.807) is 23.9 Å². The molecule has 2 aromatic carbocycles. The van der Waals surface area contributed by atoms with Gasteiger partial charge in [-0.1, -0.05) is 39.0 Å². The monoisotopic (exact) mass is 499 g/mol. The summed E-state index contributed by atoms with van der Waals surface area (Å²) >= 11 is 0. The smallest absolute Gasteiger partial charge is 0.227 e. The van der Waals surface area contributed by atoms with Crippen LogP contribution < -0.4 is 4.74 Å². The van der Waals surface area contributed by atoms with Crippen LogP contribution in [0.5, 0.6) is 11.6 Å². The van der Waals surface area contributed by atoms with Gasteiger partial charge < -0.3 is 19.3 Å². The van der Waals surface area contributed by atoms with E-state index in [4.69, 9.17) is 19.3 Å². The van der Waals surface area contributed by atoms with Gasteiger partial charge in [0, 0.05) is 33.4 Å². The molecule has 0 radical (unpaired) electrons. The second-order valence-corrected chi connectivity index (χ2v) is 9.20. The SMILES string of the molecule is CCc1nn(-c2ccccc2)c(Oc2ccc(F)cc2)c1CN(CCOC)CC(O)COCC(C)C. The first-order valence-electron chi connectivity index (χ1n) is 12.5. The molecule has 36 heavy (non-hydrogen) atoms. The largest absolute Gasteiger partial charge is 0.439 e. The number of halogens is 1. The summed E-state index contributed by atoms with van der Waals surface area (Å²) in [5.41, 5.74) is 2.67. The zero-order chi connectivity index (χ0) is 25.9. The third-order valence-corrected chi connectivity index (χ3v) is 5.61. The molecule has 0 bridgehead atoms. The minimum atomic E-state index is -0.642. The van der Waals surface area contributed by atoms with Gasteiger partial charge in [0.25, 0.3) is 0 Å². The lowest BCUT2D eigenvalue weighted by molar-refractivity contribution is 0.00323. The van der Waals surface area contributed by atoms with Gasteiger partial charge in [-0.3, -0.25) is 4.90 Å². The number of ether oxygens (including phenoxy) is 3. The minimum absolute atomic E-state index is 0.268. The highest BCUT2D eigenvalue weighted by atomic mass is 19.1. The Bertz CT molecular complexity index is 1040. The molecule has 1 heterocycles. The average Bonchev–Trinajstić information content (AvgIpc) is 3.21. The van der Waals surface area contributed by atoms with E-state index in [1.165, 1.54) is 12.1 Å². The van der Waals surface area contributed by atoms with E-state index in [1.807, 2.05) is 30.3 Å². The van der Waals surface area contributed by atoms with E-state index in [9.17, 15) is 9.50 Å². The molecular weight excluding hydrogens is 461 g/mol. The van der Waals surface area contributed by atoms with Crippen molar-refractivity contribution in [2.75, 3.05) is 40.0 Å². The van der Waals surface area contributed by atoms with Gasteiger partial charge in [-0.25, -0.2) is 9.07 Å². The van der Waals surface area contributed by atoms with Gasteiger partial charge >= 0.3 is 0 Å². The number of methoxy groups -OCH3 is 1. The van der Waals surface area contributed by atoms with Gasteiger partial charge in [0.1, 0.15) is 11.6 Å². The molecule has 0 aliphatic carbocycles. The molecule has 3 rings (SSSR count). The molecule has 3 aromatic rings. The summed E-state index contributed by atoms with van der Waals surface area (Å²) in [4.78, 5) is 2.12. The lowest BCUT2D eigenvalue weighted by Gasteiger charge is -2.25. The number of hydrogen-bond acceptors (Lipinski definition) is 6. The number of para-hydroxylation sites is 1. The Labute approximate surface area is 213 Å². The molecule has 1 atom stereocenters. The summed E-state index contributed by atoms with van der Waals surface area (Å²) in [6.45, 7) is 9.13. The number of aryl methyl sites for hydroxylation is 1. The second kappa shape index (κ2) is 14.1. The van der Waals surface area contributed by atoms with Crippen molar-refractivity contribution in [1.82, 2.24) is 14.7 Å². The van der Waals surface area contributed by atoms with Crippen LogP contribution in [-0.2, 0) is 22.4 Å². The van der Waals surface area contributed by atoms with Gasteiger partial charge in [-0.05, 0) is 48.7 Å². The fourth-order valence-corrected chi connectivity index (χ4v) is 3.85. The van der Waals surface area contributed by atoms with E-state index in [2.05, 4.69) is 25.7 Å². The van der Waals surface area contributed by atoms with Gasteiger partial charge in [0.05, 0.1) is 36.3 Å². The van der Waals surface area contributed by atoms with E-state index in [-0.39, 0.29) is 12.4 Å². The zero-order valence-corrected chi connectivity index (χ0v) is 21.7. The van der Waals surface area contributed by atoms with E-state index in [0.29, 0.717) is 56.8 Å². The highest BCUT2D eigenvalue weighted by Gasteiger charge is 2.24. The van der Waals surface area contributed by atoms with Crippen molar-refractivity contribution in [3.05, 3.63) is 71.7 Å². The van der Waals surface area contributed by atoms with E-state index in [0.717, 1.165) is 16.9 Å². The summed E-state index contributed by atoms with van der Waals surface area (Å²) in [5, 5.41) is 15.5. The summed E-state index contributed by atoms with van der Waals surface area (Å²) in [6.07, 6.45) is 0.0592. The van der Waals surface area contributed by atoms with Crippen LogP contribution in [0, 0.1) is 11.7 Å². The molecule has 0 saturated heterocycles. The Morgan fingerprint density at radius 3 is 2.42 bits per heavy atom. The van der Waals surface area contributed by atoms with Crippen molar-refractivity contribution in [1.29, 1.82) is 0 Å². The Morgan fingerprint density at radius 1 is 1.06 bits per heavy atom. The molecule has 8 heteroatoms. The Kier molecular flexibility index (Phi) is 10.9. The summed E-state index contributed by atoms with van der Waals surface area (Å²) in [6, 6.07) is 15.7. The van der Waals surface area contributed by atoms with Gasteiger partial charge in [-0.2, -0.15) is 5.10 Å². The average molecular weight is 500 g/mol. The van der Waals surface area contributed by atoms with Crippen molar-refractivity contribution in [2.45, 2.75) is 39.8 Å². The van der Waals surface area contributed by atoms with Crippen LogP contribution in [-0.4, -0.2) is 65.9 Å². The van der Waals surface area contributed by atoms with Gasteiger partial charge in [-0.15, -0.1) is 0 Å². The predicted molar refractivity (Wildman–Crippen MR) is 138 cm³/mol. The summed E-state index contributed by atoms with van der Waals surface area (Å²) < 4.78 is 32.6. The van der Waals surface area contributed by atoms with Crippen molar-refractivity contribution in [2.24, 2.45) is 5.92 Å². The first-order chi connectivity index (χ1) is 17.4. The molecule has 0 fully saturated rings. The fourth-order valence-electron chi connectivity index (χ4n) is 3.85. The number of aromatic nitrogens is 2. The van der Waals surface area contributed by atoms with Crippen LogP contribution in [0.2, 0.25) is 0 Å². The molecule has 1 N–H and O–H groups in total. The lowest BCUT2D eigenvalue weighted by Crippen LogP contribution is -2.37. The van der Waals surface area contributed by atoms with Crippen molar-refractivity contribution < 1.29 is 23.7 Å². The number of rotatable bonds is 15. The van der Waals surface area contributed by atoms with Crippen molar-refractivity contribution >= 4 is 0 Å². The highest BCUT2D eigenvalue weighted by molar-refractivity contribution is 5.43. The lowest BCUT2D eigenvalue weighted by atomic mass is 10.1. The van der Waals surface area contributed by atoms with Crippen LogP contribution in [0.15, 0.2) is 54.6 Å². The van der Waals surface area contributed by atoms with Crippen LogP contribution in [0.1, 0.15) is 32.0 Å². The normalized spacial score (nSPS) is 12.4. The number of aliphatic hydroxyl groups is 1. The molecule has 0 amide bonds. The zero-order valence-electron chi connectivity index (χ0n) is 21.7. The minimum Gasteiger partial charge on any atom is -0.439 e. The first-order valence-corrected chi connectivity index (χ1v) is 12.5. The number of benzene rings is 2. The van der Waals surface area contributed by atoms with Crippen LogP contribution >= 0.6 is 0 Å². The van der Waals surface area contributed by atoms with E-state index < -0.39 is 6.10 Å². The fraction of sp³-hybridized carbons (Fsp3) is 0.464. The number of aliphatic hydroxyl groups excluding tert-OH is 1. The maximum Gasteiger partial charge on any atom is 0.227 e. The molecule has 0 aliphatic rings. The Morgan fingerprint density at radius 2 is 1.78 bits per heavy atom. The Hall–Kier alpha value is -2.78. The maximum absolute atomic E-state index is 13.5. The van der Waals surface area contributed by atoms with Crippen molar-refractivity contribution in [3.8, 4) is 17.3 Å². The third-order valence-electron chi connectivity index (χ3n) is 5.61. The Balaban J connectivity index is 1.92. The standard InChI is InChI=1S/C28H38FN3O4/c1-5-27-26(18-31(15-16-34-4)17-24(33)20-35-19-21(2)3)28(36-25-13-11-22(29)12-14-25)32(30-27)23-9-7-6-8-10-23/h6-14,21,24,33H,5,15-20H2,1-4H3. The third kappa shape index (κ3) is 8.13. The second-order valence-electron chi connectivity index (χ2n) is 9.20. The van der Waals surface area contributed by atoms with Crippen molar-refractivity contribution in [3.63, 3.8) is 0 Å². The topological polar surface area (TPSA) is 69.0 Å². The molecule has 0 spiro atoms. The molecule has 0 saturated carbocycles. The maximum atomic E-state index is 13.5. The first kappa shape index (κ1) is 27.8. The molecule has 7 nitrogen and oxygen atoms in total. The number of nitrogens with zero attached hydrogens (tertiary/aromatic N) is 3. The molecule has 1 unspecified atom stereocenters. The van der Waals surface area contributed by atoms with Crippen LogP contribution in [0.3, 0.4) is 0 Å². The molecule has 0 aliphatic heterocycles. The predicted octanol–water partition coefficient (Wildman–Crippen LogP) is 4.85. The summed E-state index contributed by atoms with van der Waals surface area (Å²) in [5.74, 6) is 1.16. The molecule has 196 valence electrons. The van der Waals surface area contributed by atoms with Gasteiger partial charge in [0.15, 0.2) is 0 Å². The number of hydrogen-bond donors (Lipinski definition) is 1.